The van der Waals surface area contributed by atoms with Crippen LogP contribution in [-0.4, -0.2) is 18.0 Å². The third-order valence-corrected chi connectivity index (χ3v) is 12.5. The van der Waals surface area contributed by atoms with E-state index < -0.39 is 0 Å². The molecule has 1 fully saturated rings. The highest BCUT2D eigenvalue weighted by Gasteiger charge is 2.24. The van der Waals surface area contributed by atoms with Crippen molar-refractivity contribution in [3.05, 3.63) is 91.0 Å². The van der Waals surface area contributed by atoms with Crippen LogP contribution in [0.1, 0.15) is 57.8 Å². The highest BCUT2D eigenvalue weighted by molar-refractivity contribution is 7.73. The molecule has 0 heterocycles. The van der Waals surface area contributed by atoms with E-state index in [1.54, 1.807) is 5.30 Å². The summed E-state index contributed by atoms with van der Waals surface area (Å²) in [5, 5.41) is 4.71. The third kappa shape index (κ3) is 7.01. The van der Waals surface area contributed by atoms with E-state index in [1.165, 1.54) is 80.7 Å². The summed E-state index contributed by atoms with van der Waals surface area (Å²) in [6.07, 6.45) is 15.6. The predicted octanol–water partition coefficient (Wildman–Crippen LogP) is 7.82. The molecule has 3 aromatic carbocycles. The molecule has 32 heavy (non-hydrogen) atoms. The molecule has 1 atom stereocenters. The molecule has 0 radical (unpaired) electrons. The number of unbranched alkanes of at least 4 members (excludes halogenated alkanes) is 3. The third-order valence-electron chi connectivity index (χ3n) is 6.77. The number of hydrogen-bond donors (Lipinski definition) is 0. The minimum Gasteiger partial charge on any atom is -0.0721 e. The molecule has 3 aromatic rings. The molecule has 4 rings (SSSR count). The zero-order chi connectivity index (χ0) is 21.8. The van der Waals surface area contributed by atoms with E-state index in [2.05, 4.69) is 91.0 Å². The Morgan fingerprint density at radius 3 is 1.50 bits per heavy atom. The van der Waals surface area contributed by atoms with Gasteiger partial charge in [0, 0.05) is 0 Å². The normalized spacial score (nSPS) is 15.7. The van der Waals surface area contributed by atoms with Gasteiger partial charge in [-0.3, -0.25) is 0 Å². The first-order valence-electron chi connectivity index (χ1n) is 12.6. The van der Waals surface area contributed by atoms with Gasteiger partial charge in [-0.05, 0) is 67.5 Å². The van der Waals surface area contributed by atoms with E-state index >= 15 is 0 Å². The lowest BCUT2D eigenvalue weighted by molar-refractivity contribution is 0.511. The van der Waals surface area contributed by atoms with E-state index in [-0.39, 0.29) is 15.8 Å². The minimum atomic E-state index is -0.227. The Morgan fingerprint density at radius 1 is 0.500 bits per heavy atom. The van der Waals surface area contributed by atoms with Gasteiger partial charge in [0.1, 0.15) is 0 Å². The summed E-state index contributed by atoms with van der Waals surface area (Å²) < 4.78 is 0. The van der Waals surface area contributed by atoms with Gasteiger partial charge in [0.25, 0.3) is 0 Å². The van der Waals surface area contributed by atoms with E-state index in [9.17, 15) is 0 Å². The van der Waals surface area contributed by atoms with Crippen molar-refractivity contribution in [1.82, 2.24) is 0 Å². The Bertz CT molecular complexity index is 833. The minimum absolute atomic E-state index is 0.0245. The Labute approximate surface area is 198 Å². The summed E-state index contributed by atoms with van der Waals surface area (Å²) in [4.78, 5) is 0. The quantitative estimate of drug-likeness (QED) is 0.202. The SMILES string of the molecule is c1ccc(P(CCCCCCP(c2ccccc2)C2CCCCC2)c2ccccc2)cc1. The van der Waals surface area contributed by atoms with Crippen molar-refractivity contribution >= 4 is 31.8 Å². The van der Waals surface area contributed by atoms with E-state index in [1.807, 2.05) is 0 Å². The second-order valence-electron chi connectivity index (χ2n) is 9.06. The van der Waals surface area contributed by atoms with Crippen LogP contribution in [0.2, 0.25) is 0 Å². The summed E-state index contributed by atoms with van der Waals surface area (Å²) in [7, 11) is -0.202. The van der Waals surface area contributed by atoms with E-state index in [4.69, 9.17) is 0 Å². The molecular weight excluding hydrogens is 422 g/mol. The van der Waals surface area contributed by atoms with Gasteiger partial charge in [-0.25, -0.2) is 0 Å². The maximum absolute atomic E-state index is 2.41. The van der Waals surface area contributed by atoms with Crippen molar-refractivity contribution in [2.45, 2.75) is 63.4 Å². The molecule has 1 unspecified atom stereocenters. The van der Waals surface area contributed by atoms with Gasteiger partial charge in [0.15, 0.2) is 0 Å². The molecule has 0 nitrogen and oxygen atoms in total. The Hall–Kier alpha value is -1.48. The zero-order valence-corrected chi connectivity index (χ0v) is 21.2. The van der Waals surface area contributed by atoms with Crippen molar-refractivity contribution in [3.8, 4) is 0 Å². The fraction of sp³-hybridized carbons (Fsp3) is 0.400. The largest absolute Gasteiger partial charge is 0.0721 e. The van der Waals surface area contributed by atoms with Crippen LogP contribution in [0.4, 0.5) is 0 Å². The maximum Gasteiger partial charge on any atom is -0.0169 e. The molecule has 0 N–H and O–H groups in total. The first-order chi connectivity index (χ1) is 15.9. The zero-order valence-electron chi connectivity index (χ0n) is 19.4. The van der Waals surface area contributed by atoms with Crippen LogP contribution in [0.5, 0.6) is 0 Å². The van der Waals surface area contributed by atoms with Crippen molar-refractivity contribution < 1.29 is 0 Å². The van der Waals surface area contributed by atoms with Crippen LogP contribution in [0.25, 0.3) is 0 Å². The van der Waals surface area contributed by atoms with Gasteiger partial charge in [0.2, 0.25) is 0 Å². The Balaban J connectivity index is 1.28. The second-order valence-corrected chi connectivity index (χ2v) is 14.0. The molecule has 0 bridgehead atoms. The van der Waals surface area contributed by atoms with Crippen LogP contribution >= 0.6 is 15.8 Å². The summed E-state index contributed by atoms with van der Waals surface area (Å²) >= 11 is 0. The summed E-state index contributed by atoms with van der Waals surface area (Å²) in [6.45, 7) is 0. The maximum atomic E-state index is 2.41. The number of hydrogen-bond acceptors (Lipinski definition) is 0. The lowest BCUT2D eigenvalue weighted by atomic mass is 10.0. The molecular formula is C30H38P2. The predicted molar refractivity (Wildman–Crippen MR) is 147 cm³/mol. The van der Waals surface area contributed by atoms with Gasteiger partial charge < -0.3 is 0 Å². The van der Waals surface area contributed by atoms with Crippen LogP contribution in [0.3, 0.4) is 0 Å². The molecule has 0 aromatic heterocycles. The molecule has 0 spiro atoms. The van der Waals surface area contributed by atoms with Crippen molar-refractivity contribution in [3.63, 3.8) is 0 Å². The summed E-state index contributed by atoms with van der Waals surface area (Å²) in [5.41, 5.74) is 0.977. The van der Waals surface area contributed by atoms with Gasteiger partial charge in [-0.2, -0.15) is 0 Å². The van der Waals surface area contributed by atoms with Crippen molar-refractivity contribution in [2.75, 3.05) is 12.3 Å². The average Bonchev–Trinajstić information content (AvgIpc) is 2.88. The van der Waals surface area contributed by atoms with Crippen LogP contribution < -0.4 is 15.9 Å². The fourth-order valence-corrected chi connectivity index (χ4v) is 10.6. The molecule has 168 valence electrons. The summed E-state index contributed by atoms with van der Waals surface area (Å²) in [5.74, 6) is 0. The Morgan fingerprint density at radius 2 is 0.969 bits per heavy atom. The number of benzene rings is 3. The number of rotatable bonds is 11. The first-order valence-corrected chi connectivity index (χ1v) is 15.7. The van der Waals surface area contributed by atoms with E-state index in [0.717, 1.165) is 5.66 Å². The van der Waals surface area contributed by atoms with Crippen molar-refractivity contribution in [1.29, 1.82) is 0 Å². The molecule has 1 aliphatic carbocycles. The van der Waals surface area contributed by atoms with Gasteiger partial charge in [-0.15, -0.1) is 0 Å². The van der Waals surface area contributed by atoms with Crippen LogP contribution in [-0.2, 0) is 0 Å². The average molecular weight is 461 g/mol. The lowest BCUT2D eigenvalue weighted by Crippen LogP contribution is -2.18. The Kier molecular flexibility index (Phi) is 9.82. The van der Waals surface area contributed by atoms with E-state index in [0.29, 0.717) is 0 Å². The van der Waals surface area contributed by atoms with Gasteiger partial charge in [0.05, 0.1) is 0 Å². The van der Waals surface area contributed by atoms with Crippen molar-refractivity contribution in [2.24, 2.45) is 0 Å². The van der Waals surface area contributed by atoms with Crippen LogP contribution in [0, 0.1) is 0 Å². The monoisotopic (exact) mass is 460 g/mol. The smallest absolute Gasteiger partial charge is 0.0169 e. The highest BCUT2D eigenvalue weighted by atomic mass is 31.1. The lowest BCUT2D eigenvalue weighted by Gasteiger charge is -2.31. The van der Waals surface area contributed by atoms with Gasteiger partial charge >= 0.3 is 0 Å². The standard InChI is InChI=1S/C30H38P2/c1(15-25-31(27-17-7-3-8-18-27)28-19-9-4-10-20-28)2-16-26-32(29-21-11-5-12-22-29)30-23-13-6-14-24-30/h3-5,7-12,17-22,30H,1-2,6,13-16,23-26H2. The summed E-state index contributed by atoms with van der Waals surface area (Å²) in [6, 6.07) is 33.9. The molecule has 0 saturated heterocycles. The van der Waals surface area contributed by atoms with Crippen LogP contribution in [0.15, 0.2) is 91.0 Å². The highest BCUT2D eigenvalue weighted by Crippen LogP contribution is 2.47. The molecule has 2 heteroatoms. The molecule has 0 amide bonds. The first kappa shape index (κ1) is 23.7. The van der Waals surface area contributed by atoms with Gasteiger partial charge in [-0.1, -0.05) is 131 Å². The molecule has 1 aliphatic rings. The fourth-order valence-electron chi connectivity index (χ4n) is 5.06. The second kappa shape index (κ2) is 13.3. The topological polar surface area (TPSA) is 0 Å². The molecule has 1 saturated carbocycles. The molecule has 0 aliphatic heterocycles.